The lowest BCUT2D eigenvalue weighted by Gasteiger charge is -2.32. The molecule has 0 bridgehead atoms. The van der Waals surface area contributed by atoms with E-state index in [-0.39, 0.29) is 12.5 Å². The number of fused-ring (bicyclic) bond motifs is 1. The molecule has 0 saturated heterocycles. The van der Waals surface area contributed by atoms with Crippen molar-refractivity contribution in [2.45, 2.75) is 58.4 Å². The van der Waals surface area contributed by atoms with Crippen LogP contribution in [0.5, 0.6) is 0 Å². The minimum Gasteiger partial charge on any atom is -0.481 e. The molecule has 0 aliphatic heterocycles. The number of carbonyl (C=O) groups is 2. The molecule has 0 unspecified atom stereocenters. The number of carboxylic acids is 1. The van der Waals surface area contributed by atoms with Crippen LogP contribution >= 0.6 is 15.9 Å². The Kier molecular flexibility index (Phi) is 7.60. The Balaban J connectivity index is 1.48. The number of tetrazole rings is 1. The van der Waals surface area contributed by atoms with E-state index in [0.29, 0.717) is 43.0 Å². The summed E-state index contributed by atoms with van der Waals surface area (Å²) in [5.74, 6) is 0.306. The van der Waals surface area contributed by atoms with Gasteiger partial charge in [-0.15, -0.1) is 10.2 Å². The molecule has 2 aromatic carbocycles. The number of unbranched alkanes of at least 4 members (excludes halogenated alkanes) is 1. The van der Waals surface area contributed by atoms with E-state index in [1.54, 1.807) is 4.90 Å². The number of carbonyl (C=O) groups excluding carboxylic acids is 1. The standard InChI is InChI=1S/C28H30BrN5O4/c1-2-3-10-23(35)34(17-28(27(36)37)13-6-7-14-28)16-18-11-12-22-21(15-18)24(29)25(38-22)19-8-4-5-9-20(19)26-30-32-33-31-26/h4-5,8-9,11-12,15H,2-3,6-7,10,13-14,16-17H2,1H3,(H,36,37)(H,30,31,32,33). The molecule has 2 N–H and O–H groups in total. The smallest absolute Gasteiger partial charge is 0.311 e. The first-order valence-electron chi connectivity index (χ1n) is 13.0. The lowest BCUT2D eigenvalue weighted by Crippen LogP contribution is -2.43. The number of benzene rings is 2. The number of halogens is 1. The molecule has 2 aromatic heterocycles. The van der Waals surface area contributed by atoms with Crippen molar-refractivity contribution >= 4 is 38.8 Å². The summed E-state index contributed by atoms with van der Waals surface area (Å²) in [6.07, 6.45) is 5.08. The summed E-state index contributed by atoms with van der Waals surface area (Å²) in [7, 11) is 0. The Labute approximate surface area is 228 Å². The average molecular weight is 580 g/mol. The van der Waals surface area contributed by atoms with Crippen molar-refractivity contribution in [1.82, 2.24) is 25.5 Å². The highest BCUT2D eigenvalue weighted by molar-refractivity contribution is 9.10. The summed E-state index contributed by atoms with van der Waals surface area (Å²) >= 11 is 3.73. The van der Waals surface area contributed by atoms with Gasteiger partial charge in [-0.2, -0.15) is 5.21 Å². The van der Waals surface area contributed by atoms with Gasteiger partial charge in [0.15, 0.2) is 0 Å². The van der Waals surface area contributed by atoms with Crippen LogP contribution in [-0.4, -0.2) is 49.1 Å². The Morgan fingerprint density at radius 2 is 1.92 bits per heavy atom. The topological polar surface area (TPSA) is 125 Å². The van der Waals surface area contributed by atoms with Gasteiger partial charge >= 0.3 is 5.97 Å². The van der Waals surface area contributed by atoms with E-state index in [9.17, 15) is 14.7 Å². The van der Waals surface area contributed by atoms with Gasteiger partial charge in [0, 0.05) is 36.0 Å². The SMILES string of the molecule is CCCCC(=O)N(Cc1ccc2oc(-c3ccccc3-c3nn[nH]n3)c(Br)c2c1)CC1(C(=O)O)CCCC1. The number of aromatic amines is 1. The number of aromatic nitrogens is 4. The van der Waals surface area contributed by atoms with Gasteiger partial charge in [-0.25, -0.2) is 0 Å². The molecule has 1 aliphatic carbocycles. The van der Waals surface area contributed by atoms with Crippen LogP contribution in [-0.2, 0) is 16.1 Å². The van der Waals surface area contributed by atoms with E-state index in [4.69, 9.17) is 4.42 Å². The monoisotopic (exact) mass is 579 g/mol. The minimum atomic E-state index is -0.867. The highest BCUT2D eigenvalue weighted by Crippen LogP contribution is 2.42. The largest absolute Gasteiger partial charge is 0.481 e. The van der Waals surface area contributed by atoms with Gasteiger partial charge in [-0.05, 0) is 58.1 Å². The third kappa shape index (κ3) is 5.09. The maximum absolute atomic E-state index is 13.2. The summed E-state index contributed by atoms with van der Waals surface area (Å²) in [6.45, 7) is 2.63. The first-order valence-corrected chi connectivity index (χ1v) is 13.8. The number of nitrogens with one attached hydrogen (secondary N) is 1. The van der Waals surface area contributed by atoms with Gasteiger partial charge in [0.1, 0.15) is 11.3 Å². The quantitative estimate of drug-likeness (QED) is 0.229. The average Bonchev–Trinajstić information content (AvgIpc) is 3.69. The van der Waals surface area contributed by atoms with E-state index in [0.717, 1.165) is 52.2 Å². The highest BCUT2D eigenvalue weighted by Gasteiger charge is 2.43. The highest BCUT2D eigenvalue weighted by atomic mass is 79.9. The molecular weight excluding hydrogens is 550 g/mol. The zero-order valence-electron chi connectivity index (χ0n) is 21.2. The van der Waals surface area contributed by atoms with Gasteiger partial charge in [0.05, 0.1) is 9.89 Å². The van der Waals surface area contributed by atoms with Crippen LogP contribution in [0.3, 0.4) is 0 Å². The molecule has 5 rings (SSSR count). The summed E-state index contributed by atoms with van der Waals surface area (Å²) in [6, 6.07) is 13.5. The van der Waals surface area contributed by atoms with Gasteiger partial charge < -0.3 is 14.4 Å². The number of rotatable bonds is 10. The maximum atomic E-state index is 13.2. The molecule has 198 valence electrons. The molecule has 4 aromatic rings. The van der Waals surface area contributed by atoms with E-state index in [2.05, 4.69) is 36.6 Å². The zero-order valence-corrected chi connectivity index (χ0v) is 22.8. The molecule has 10 heteroatoms. The van der Waals surface area contributed by atoms with Gasteiger partial charge in [0.2, 0.25) is 11.7 Å². The third-order valence-corrected chi connectivity index (χ3v) is 8.22. The number of nitrogens with zero attached hydrogens (tertiary/aromatic N) is 4. The maximum Gasteiger partial charge on any atom is 0.311 e. The fourth-order valence-corrected chi connectivity index (χ4v) is 5.94. The minimum absolute atomic E-state index is 0.000426. The second-order valence-electron chi connectivity index (χ2n) is 10.0. The molecule has 0 atom stereocenters. The molecule has 38 heavy (non-hydrogen) atoms. The van der Waals surface area contributed by atoms with Gasteiger partial charge in [0.25, 0.3) is 0 Å². The Morgan fingerprint density at radius 1 is 1.16 bits per heavy atom. The Hall–Kier alpha value is -3.53. The van der Waals surface area contributed by atoms with Crippen LogP contribution in [0, 0.1) is 5.41 Å². The lowest BCUT2D eigenvalue weighted by molar-refractivity contribution is -0.151. The fraction of sp³-hybridized carbons (Fsp3) is 0.393. The summed E-state index contributed by atoms with van der Waals surface area (Å²) in [4.78, 5) is 27.2. The van der Waals surface area contributed by atoms with Crippen molar-refractivity contribution in [2.75, 3.05) is 6.54 Å². The number of amides is 1. The first kappa shape index (κ1) is 26.1. The zero-order chi connectivity index (χ0) is 26.7. The number of aliphatic carboxylic acids is 1. The van der Waals surface area contributed by atoms with Crippen LogP contribution in [0.25, 0.3) is 33.7 Å². The number of hydrogen-bond donors (Lipinski definition) is 2. The number of carboxylic acid groups (broad SMARTS) is 1. The van der Waals surface area contributed by atoms with Gasteiger partial charge in [-0.3, -0.25) is 9.59 Å². The first-order chi connectivity index (χ1) is 18.4. The summed E-state index contributed by atoms with van der Waals surface area (Å²) < 4.78 is 7.03. The van der Waals surface area contributed by atoms with Crippen LogP contribution in [0.4, 0.5) is 0 Å². The van der Waals surface area contributed by atoms with Crippen molar-refractivity contribution in [3.05, 3.63) is 52.5 Å². The van der Waals surface area contributed by atoms with Crippen LogP contribution < -0.4 is 0 Å². The van der Waals surface area contributed by atoms with Crippen molar-refractivity contribution in [2.24, 2.45) is 5.41 Å². The fourth-order valence-electron chi connectivity index (χ4n) is 5.33. The van der Waals surface area contributed by atoms with Crippen molar-refractivity contribution < 1.29 is 19.1 Å². The second-order valence-corrected chi connectivity index (χ2v) is 10.8. The van der Waals surface area contributed by atoms with Crippen molar-refractivity contribution in [3.8, 4) is 22.7 Å². The van der Waals surface area contributed by atoms with Crippen LogP contribution in [0.15, 0.2) is 51.4 Å². The molecular formula is C28H30BrN5O4. The van der Waals surface area contributed by atoms with Crippen molar-refractivity contribution in [3.63, 3.8) is 0 Å². The van der Waals surface area contributed by atoms with Crippen molar-refractivity contribution in [1.29, 1.82) is 0 Å². The molecule has 0 radical (unpaired) electrons. The predicted octanol–water partition coefficient (Wildman–Crippen LogP) is 6.21. The molecule has 9 nitrogen and oxygen atoms in total. The van der Waals surface area contributed by atoms with E-state index < -0.39 is 11.4 Å². The Morgan fingerprint density at radius 3 is 2.61 bits per heavy atom. The van der Waals surface area contributed by atoms with E-state index >= 15 is 0 Å². The molecule has 1 aliphatic rings. The number of H-pyrrole nitrogens is 1. The van der Waals surface area contributed by atoms with E-state index in [1.807, 2.05) is 49.4 Å². The summed E-state index contributed by atoms with van der Waals surface area (Å²) in [5, 5.41) is 25.3. The second kappa shape index (κ2) is 11.1. The third-order valence-electron chi connectivity index (χ3n) is 7.43. The molecule has 0 spiro atoms. The molecule has 1 fully saturated rings. The Bertz CT molecular complexity index is 1440. The lowest BCUT2D eigenvalue weighted by atomic mass is 9.85. The number of hydrogen-bond acceptors (Lipinski definition) is 6. The molecule has 1 amide bonds. The predicted molar refractivity (Wildman–Crippen MR) is 146 cm³/mol. The van der Waals surface area contributed by atoms with Crippen LogP contribution in [0.1, 0.15) is 57.4 Å². The van der Waals surface area contributed by atoms with E-state index in [1.165, 1.54) is 0 Å². The normalized spacial score (nSPS) is 14.7. The molecule has 2 heterocycles. The number of furan rings is 1. The molecule has 1 saturated carbocycles. The van der Waals surface area contributed by atoms with Gasteiger partial charge in [-0.1, -0.05) is 56.5 Å². The summed E-state index contributed by atoms with van der Waals surface area (Å²) in [5.41, 5.74) is 2.35. The van der Waals surface area contributed by atoms with Crippen LogP contribution in [0.2, 0.25) is 0 Å².